The minimum absolute atomic E-state index is 0.389. The summed E-state index contributed by atoms with van der Waals surface area (Å²) < 4.78 is 0. The van der Waals surface area contributed by atoms with Crippen LogP contribution in [0.15, 0.2) is 59.9 Å². The summed E-state index contributed by atoms with van der Waals surface area (Å²) in [7, 11) is 0. The first-order valence-electron chi connectivity index (χ1n) is 7.63. The van der Waals surface area contributed by atoms with Crippen molar-refractivity contribution >= 4 is 22.9 Å². The predicted octanol–water partition coefficient (Wildman–Crippen LogP) is 3.55. The van der Waals surface area contributed by atoms with Crippen molar-refractivity contribution in [1.29, 1.82) is 5.41 Å². The van der Waals surface area contributed by atoms with E-state index in [0.717, 1.165) is 35.6 Å². The van der Waals surface area contributed by atoms with Crippen molar-refractivity contribution in [2.75, 3.05) is 15.5 Å². The molecule has 0 spiro atoms. The number of hydrogen-bond donors (Lipinski definition) is 3. The van der Waals surface area contributed by atoms with E-state index in [4.69, 9.17) is 5.41 Å². The van der Waals surface area contributed by atoms with Crippen LogP contribution in [0.2, 0.25) is 0 Å². The lowest BCUT2D eigenvalue weighted by molar-refractivity contribution is 0.736. The van der Waals surface area contributed by atoms with Crippen LogP contribution in [-0.2, 0) is 6.42 Å². The highest BCUT2D eigenvalue weighted by Crippen LogP contribution is 2.42. The van der Waals surface area contributed by atoms with Gasteiger partial charge in [-0.15, -0.1) is 0 Å². The molecule has 1 unspecified atom stereocenters. The number of nitrogens with one attached hydrogen (secondary N) is 3. The van der Waals surface area contributed by atoms with Crippen molar-refractivity contribution in [2.24, 2.45) is 0 Å². The van der Waals surface area contributed by atoms with Crippen molar-refractivity contribution in [3.8, 4) is 0 Å². The number of hydrogen-bond acceptors (Lipinski definition) is 3. The quantitative estimate of drug-likeness (QED) is 0.695. The molecule has 0 saturated carbocycles. The van der Waals surface area contributed by atoms with E-state index in [9.17, 15) is 0 Å². The summed E-state index contributed by atoms with van der Waals surface area (Å²) in [6, 6.07) is 17.0. The highest BCUT2D eigenvalue weighted by atomic mass is 15.3. The Labute approximate surface area is 129 Å². The summed E-state index contributed by atoms with van der Waals surface area (Å²) >= 11 is 0. The monoisotopic (exact) mass is 288 g/mol. The first kappa shape index (κ1) is 11.9. The molecule has 3 N–H and O–H groups in total. The molecule has 5 rings (SSSR count). The Hall–Kier alpha value is -2.75. The minimum atomic E-state index is 0.389. The lowest BCUT2D eigenvalue weighted by Crippen LogP contribution is -2.29. The molecule has 1 saturated heterocycles. The van der Waals surface area contributed by atoms with Crippen LogP contribution in [0, 0.1) is 5.41 Å². The van der Waals surface area contributed by atoms with Crippen molar-refractivity contribution in [2.45, 2.75) is 18.9 Å². The van der Waals surface area contributed by atoms with Crippen molar-refractivity contribution in [1.82, 2.24) is 0 Å². The lowest BCUT2D eigenvalue weighted by Gasteiger charge is -2.18. The normalized spacial score (nSPS) is 21.4. The largest absolute Gasteiger partial charge is 0.340 e. The van der Waals surface area contributed by atoms with Crippen LogP contribution in [0.3, 0.4) is 0 Å². The van der Waals surface area contributed by atoms with E-state index in [1.807, 2.05) is 12.1 Å². The van der Waals surface area contributed by atoms with Gasteiger partial charge in [-0.3, -0.25) is 5.41 Å². The summed E-state index contributed by atoms with van der Waals surface area (Å²) in [6.07, 6.45) is 1.94. The second kappa shape index (κ2) is 4.13. The summed E-state index contributed by atoms with van der Waals surface area (Å²) in [5.74, 6) is 1.59. The van der Waals surface area contributed by atoms with Crippen LogP contribution in [-0.4, -0.2) is 11.9 Å². The molecule has 0 aromatic heterocycles. The Morgan fingerprint density at radius 3 is 2.36 bits per heavy atom. The molecule has 0 aliphatic carbocycles. The van der Waals surface area contributed by atoms with Crippen LogP contribution in [0.1, 0.15) is 12.0 Å². The number of para-hydroxylation sites is 3. The van der Waals surface area contributed by atoms with Gasteiger partial charge in [-0.2, -0.15) is 0 Å². The number of benzene rings is 2. The zero-order chi connectivity index (χ0) is 14.7. The molecule has 0 amide bonds. The highest BCUT2D eigenvalue weighted by molar-refractivity contribution is 6.13. The maximum Gasteiger partial charge on any atom is 0.132 e. The topological polar surface area (TPSA) is 51.2 Å². The summed E-state index contributed by atoms with van der Waals surface area (Å²) in [6.45, 7) is 0. The fourth-order valence-electron chi connectivity index (χ4n) is 3.78. The number of rotatable bonds is 0. The Bertz CT molecular complexity index is 809. The Kier molecular flexibility index (Phi) is 2.23. The average molecular weight is 288 g/mol. The lowest BCUT2D eigenvalue weighted by atomic mass is 10.0. The van der Waals surface area contributed by atoms with E-state index in [2.05, 4.69) is 51.9 Å². The molecule has 1 atom stereocenters. The average Bonchev–Trinajstić information content (AvgIpc) is 3.19. The summed E-state index contributed by atoms with van der Waals surface area (Å²) in [5, 5.41) is 15.5. The summed E-state index contributed by atoms with van der Waals surface area (Å²) in [5.41, 5.74) is 5.81. The van der Waals surface area contributed by atoms with Gasteiger partial charge in [-0.25, -0.2) is 0 Å². The van der Waals surface area contributed by atoms with E-state index in [1.165, 1.54) is 11.3 Å². The van der Waals surface area contributed by atoms with Gasteiger partial charge in [0.15, 0.2) is 0 Å². The molecule has 108 valence electrons. The second-order valence-electron chi connectivity index (χ2n) is 6.06. The number of fused-ring (bicyclic) bond motifs is 4. The van der Waals surface area contributed by atoms with Gasteiger partial charge < -0.3 is 15.5 Å². The van der Waals surface area contributed by atoms with Gasteiger partial charge in [0, 0.05) is 23.7 Å². The standard InChI is InChI=1S/C18H16N4/c19-17-13(18-20-14-6-2-3-7-15(14)21-18)10-12-9-11-5-1-4-8-16(11)22(12)17/h1-8,12,19-21H,9-10H2. The molecule has 3 aliphatic heterocycles. The SMILES string of the molecule is N=C1C(=C2Nc3ccccc3N2)CC2Cc3ccccc3N12. The van der Waals surface area contributed by atoms with E-state index in [-0.39, 0.29) is 0 Å². The first-order chi connectivity index (χ1) is 10.8. The Balaban J connectivity index is 1.54. The molecule has 2 aromatic carbocycles. The molecule has 4 heteroatoms. The van der Waals surface area contributed by atoms with Crippen LogP contribution in [0.5, 0.6) is 0 Å². The third-order valence-electron chi connectivity index (χ3n) is 4.79. The van der Waals surface area contributed by atoms with Gasteiger partial charge in [-0.1, -0.05) is 30.3 Å². The van der Waals surface area contributed by atoms with Gasteiger partial charge in [0.05, 0.1) is 11.4 Å². The number of anilines is 3. The smallest absolute Gasteiger partial charge is 0.132 e. The van der Waals surface area contributed by atoms with E-state index < -0.39 is 0 Å². The van der Waals surface area contributed by atoms with Crippen molar-refractivity contribution in [3.63, 3.8) is 0 Å². The minimum Gasteiger partial charge on any atom is -0.340 e. The van der Waals surface area contributed by atoms with Crippen LogP contribution < -0.4 is 15.5 Å². The molecular weight excluding hydrogens is 272 g/mol. The molecule has 0 radical (unpaired) electrons. The van der Waals surface area contributed by atoms with Crippen LogP contribution in [0.25, 0.3) is 0 Å². The number of nitrogens with zero attached hydrogens (tertiary/aromatic N) is 1. The number of amidine groups is 1. The Morgan fingerprint density at radius 1 is 0.909 bits per heavy atom. The van der Waals surface area contributed by atoms with E-state index >= 15 is 0 Å². The van der Waals surface area contributed by atoms with Gasteiger partial charge in [-0.05, 0) is 30.2 Å². The van der Waals surface area contributed by atoms with Crippen LogP contribution >= 0.6 is 0 Å². The van der Waals surface area contributed by atoms with Gasteiger partial charge in [0.25, 0.3) is 0 Å². The highest BCUT2D eigenvalue weighted by Gasteiger charge is 2.41. The van der Waals surface area contributed by atoms with Crippen LogP contribution in [0.4, 0.5) is 17.1 Å². The van der Waals surface area contributed by atoms with Gasteiger partial charge in [0.1, 0.15) is 11.7 Å². The maximum absolute atomic E-state index is 8.62. The van der Waals surface area contributed by atoms with E-state index in [1.54, 1.807) is 0 Å². The van der Waals surface area contributed by atoms with Gasteiger partial charge >= 0.3 is 0 Å². The fourth-order valence-corrected chi connectivity index (χ4v) is 3.78. The van der Waals surface area contributed by atoms with Crippen molar-refractivity contribution in [3.05, 3.63) is 65.5 Å². The molecule has 4 nitrogen and oxygen atoms in total. The first-order valence-corrected chi connectivity index (χ1v) is 7.63. The third kappa shape index (κ3) is 1.49. The van der Waals surface area contributed by atoms with Crippen molar-refractivity contribution < 1.29 is 0 Å². The zero-order valence-corrected chi connectivity index (χ0v) is 12.1. The zero-order valence-electron chi connectivity index (χ0n) is 12.1. The molecule has 2 aromatic rings. The predicted molar refractivity (Wildman–Crippen MR) is 89.5 cm³/mol. The molecule has 3 heterocycles. The van der Waals surface area contributed by atoms with Gasteiger partial charge in [0.2, 0.25) is 0 Å². The maximum atomic E-state index is 8.62. The summed E-state index contributed by atoms with van der Waals surface area (Å²) in [4.78, 5) is 2.18. The molecule has 1 fully saturated rings. The third-order valence-corrected chi connectivity index (χ3v) is 4.79. The molecule has 22 heavy (non-hydrogen) atoms. The molecule has 3 aliphatic rings. The second-order valence-corrected chi connectivity index (χ2v) is 6.06. The Morgan fingerprint density at radius 2 is 1.59 bits per heavy atom. The van der Waals surface area contributed by atoms with E-state index in [0.29, 0.717) is 11.9 Å². The molecule has 0 bridgehead atoms. The fraction of sp³-hybridized carbons (Fsp3) is 0.167. The molecular formula is C18H16N4.